The van der Waals surface area contributed by atoms with Gasteiger partial charge in [-0.25, -0.2) is 9.97 Å². The molecule has 0 unspecified atom stereocenters. The number of nitrogens with one attached hydrogen (secondary N) is 3. The SMILES string of the molecule is CC(=O)Nc1c[nH]c2c(C(=O)NCc3ccc4c(c3)OC(F)(F)O4)ncnc12. The molecule has 0 saturated carbocycles. The number of rotatable bonds is 4. The summed E-state index contributed by atoms with van der Waals surface area (Å²) in [5.41, 5.74) is 1.78. The second kappa shape index (κ2) is 6.44. The van der Waals surface area contributed by atoms with Crippen LogP contribution in [-0.2, 0) is 11.3 Å². The number of hydrogen-bond acceptors (Lipinski definition) is 6. The van der Waals surface area contributed by atoms with E-state index in [1.54, 1.807) is 0 Å². The topological polar surface area (TPSA) is 118 Å². The lowest BCUT2D eigenvalue weighted by molar-refractivity contribution is -0.286. The number of H-pyrrole nitrogens is 1. The van der Waals surface area contributed by atoms with Gasteiger partial charge in [0, 0.05) is 19.7 Å². The lowest BCUT2D eigenvalue weighted by atomic mass is 10.2. The molecule has 0 saturated heterocycles. The Morgan fingerprint density at radius 1 is 1.21 bits per heavy atom. The normalized spacial score (nSPS) is 14.1. The van der Waals surface area contributed by atoms with Crippen molar-refractivity contribution < 1.29 is 27.8 Å². The summed E-state index contributed by atoms with van der Waals surface area (Å²) < 4.78 is 34.9. The fraction of sp³-hybridized carbons (Fsp3) is 0.176. The van der Waals surface area contributed by atoms with E-state index in [1.165, 1.54) is 37.6 Å². The van der Waals surface area contributed by atoms with E-state index in [9.17, 15) is 18.4 Å². The maximum Gasteiger partial charge on any atom is 0.586 e. The van der Waals surface area contributed by atoms with E-state index >= 15 is 0 Å². The van der Waals surface area contributed by atoms with Gasteiger partial charge >= 0.3 is 6.29 Å². The number of amides is 2. The van der Waals surface area contributed by atoms with Gasteiger partial charge in [0.2, 0.25) is 5.91 Å². The number of hydrogen-bond donors (Lipinski definition) is 3. The summed E-state index contributed by atoms with van der Waals surface area (Å²) in [5.74, 6) is -0.967. The van der Waals surface area contributed by atoms with Crippen molar-refractivity contribution in [1.29, 1.82) is 0 Å². The molecule has 3 aromatic rings. The standard InChI is InChI=1S/C17H13F2N5O4/c1-8(25)24-10-6-20-14-13(10)22-7-23-15(14)16(26)21-5-9-2-3-11-12(4-9)28-17(18,19)27-11/h2-4,6-7,20H,5H2,1H3,(H,21,26)(H,24,25). The van der Waals surface area contributed by atoms with Crippen LogP contribution in [0, 0.1) is 0 Å². The number of alkyl halides is 2. The fourth-order valence-corrected chi connectivity index (χ4v) is 2.77. The molecular weight excluding hydrogens is 376 g/mol. The van der Waals surface area contributed by atoms with E-state index in [2.05, 4.69) is 35.1 Å². The van der Waals surface area contributed by atoms with Crippen LogP contribution >= 0.6 is 0 Å². The number of ether oxygens (including phenoxy) is 2. The molecule has 144 valence electrons. The van der Waals surface area contributed by atoms with Gasteiger partial charge in [-0.15, -0.1) is 8.78 Å². The number of carbonyl (C=O) groups excluding carboxylic acids is 2. The van der Waals surface area contributed by atoms with Gasteiger partial charge in [0.1, 0.15) is 11.8 Å². The monoisotopic (exact) mass is 389 g/mol. The van der Waals surface area contributed by atoms with Crippen LogP contribution in [0.15, 0.2) is 30.7 Å². The van der Waals surface area contributed by atoms with Crippen LogP contribution in [0.25, 0.3) is 11.0 Å². The Morgan fingerprint density at radius 2 is 2.00 bits per heavy atom. The number of halogens is 2. The maximum atomic E-state index is 13.1. The van der Waals surface area contributed by atoms with E-state index in [0.29, 0.717) is 22.3 Å². The van der Waals surface area contributed by atoms with Crippen LogP contribution in [0.4, 0.5) is 14.5 Å². The minimum absolute atomic E-state index is 0.0474. The summed E-state index contributed by atoms with van der Waals surface area (Å²) >= 11 is 0. The number of aromatic amines is 1. The third-order valence-corrected chi connectivity index (χ3v) is 3.91. The number of aromatic nitrogens is 3. The molecule has 2 amide bonds. The molecule has 11 heteroatoms. The highest BCUT2D eigenvalue weighted by Crippen LogP contribution is 2.41. The van der Waals surface area contributed by atoms with Gasteiger partial charge in [0.25, 0.3) is 5.91 Å². The highest BCUT2D eigenvalue weighted by atomic mass is 19.3. The van der Waals surface area contributed by atoms with Crippen LogP contribution in [0.5, 0.6) is 11.5 Å². The summed E-state index contributed by atoms with van der Waals surface area (Å²) in [6.45, 7) is 1.40. The predicted octanol–water partition coefficient (Wildman–Crippen LogP) is 2.17. The molecule has 0 bridgehead atoms. The smallest absolute Gasteiger partial charge is 0.395 e. The first-order valence-electron chi connectivity index (χ1n) is 8.09. The minimum Gasteiger partial charge on any atom is -0.395 e. The molecule has 1 aliphatic rings. The third-order valence-electron chi connectivity index (χ3n) is 3.91. The number of benzene rings is 1. The van der Waals surface area contributed by atoms with E-state index in [4.69, 9.17) is 0 Å². The number of anilines is 1. The number of fused-ring (bicyclic) bond motifs is 2. The van der Waals surface area contributed by atoms with E-state index in [0.717, 1.165) is 0 Å². The van der Waals surface area contributed by atoms with Gasteiger partial charge in [0.05, 0.1) is 11.2 Å². The Kier molecular flexibility index (Phi) is 4.06. The van der Waals surface area contributed by atoms with Gasteiger partial charge in [-0.3, -0.25) is 9.59 Å². The Labute approximate surface area is 156 Å². The lowest BCUT2D eigenvalue weighted by Crippen LogP contribution is -2.26. The van der Waals surface area contributed by atoms with Gasteiger partial charge in [-0.2, -0.15) is 0 Å². The molecule has 28 heavy (non-hydrogen) atoms. The Morgan fingerprint density at radius 3 is 2.79 bits per heavy atom. The van der Waals surface area contributed by atoms with Crippen molar-refractivity contribution >= 4 is 28.5 Å². The Balaban J connectivity index is 1.51. The molecule has 0 spiro atoms. The number of nitrogens with zero attached hydrogens (tertiary/aromatic N) is 2. The largest absolute Gasteiger partial charge is 0.586 e. The summed E-state index contributed by atoms with van der Waals surface area (Å²) in [5, 5.41) is 5.25. The molecule has 0 radical (unpaired) electrons. The molecule has 0 aliphatic carbocycles. The first-order valence-corrected chi connectivity index (χ1v) is 8.09. The van der Waals surface area contributed by atoms with Gasteiger partial charge in [0.15, 0.2) is 17.2 Å². The predicted molar refractivity (Wildman–Crippen MR) is 92.0 cm³/mol. The van der Waals surface area contributed by atoms with Crippen molar-refractivity contribution in [2.75, 3.05) is 5.32 Å². The van der Waals surface area contributed by atoms with Crippen LogP contribution in [-0.4, -0.2) is 33.1 Å². The average molecular weight is 389 g/mol. The van der Waals surface area contributed by atoms with Crippen molar-refractivity contribution in [3.63, 3.8) is 0 Å². The zero-order valence-electron chi connectivity index (χ0n) is 14.4. The summed E-state index contributed by atoms with van der Waals surface area (Å²) in [6.07, 6.45) is -0.982. The van der Waals surface area contributed by atoms with Crippen molar-refractivity contribution in [2.45, 2.75) is 19.8 Å². The van der Waals surface area contributed by atoms with E-state index in [-0.39, 0.29) is 29.6 Å². The zero-order chi connectivity index (χ0) is 19.9. The van der Waals surface area contributed by atoms with Crippen molar-refractivity contribution in [1.82, 2.24) is 20.3 Å². The quantitative estimate of drug-likeness (QED) is 0.629. The van der Waals surface area contributed by atoms with Crippen molar-refractivity contribution in [2.24, 2.45) is 0 Å². The van der Waals surface area contributed by atoms with Crippen molar-refractivity contribution in [3.8, 4) is 11.5 Å². The van der Waals surface area contributed by atoms with Crippen LogP contribution in [0.3, 0.4) is 0 Å². The average Bonchev–Trinajstić information content (AvgIpc) is 3.17. The molecule has 1 aromatic carbocycles. The third kappa shape index (κ3) is 3.29. The van der Waals surface area contributed by atoms with Gasteiger partial charge in [-0.05, 0) is 17.7 Å². The molecule has 0 fully saturated rings. The molecule has 3 heterocycles. The summed E-state index contributed by atoms with van der Waals surface area (Å²) in [4.78, 5) is 34.7. The molecule has 0 atom stereocenters. The Hall–Kier alpha value is -3.76. The first-order chi connectivity index (χ1) is 13.3. The molecular formula is C17H13F2N5O4. The summed E-state index contributed by atoms with van der Waals surface area (Å²) in [6, 6.07) is 4.23. The minimum atomic E-state index is -3.70. The Bertz CT molecular complexity index is 1100. The van der Waals surface area contributed by atoms with Crippen molar-refractivity contribution in [3.05, 3.63) is 42.0 Å². The molecule has 9 nitrogen and oxygen atoms in total. The van der Waals surface area contributed by atoms with Gasteiger partial charge < -0.3 is 25.1 Å². The second-order valence-electron chi connectivity index (χ2n) is 5.96. The van der Waals surface area contributed by atoms with E-state index in [1.807, 2.05) is 0 Å². The number of carbonyl (C=O) groups is 2. The molecule has 3 N–H and O–H groups in total. The van der Waals surface area contributed by atoms with Gasteiger partial charge in [-0.1, -0.05) is 6.07 Å². The van der Waals surface area contributed by atoms with Crippen LogP contribution in [0.1, 0.15) is 23.0 Å². The van der Waals surface area contributed by atoms with E-state index < -0.39 is 12.2 Å². The molecule has 2 aromatic heterocycles. The lowest BCUT2D eigenvalue weighted by Gasteiger charge is -2.06. The van der Waals surface area contributed by atoms with Crippen LogP contribution in [0.2, 0.25) is 0 Å². The zero-order valence-corrected chi connectivity index (χ0v) is 14.4. The van der Waals surface area contributed by atoms with Crippen LogP contribution < -0.4 is 20.1 Å². The highest BCUT2D eigenvalue weighted by Gasteiger charge is 2.43. The highest BCUT2D eigenvalue weighted by molar-refractivity contribution is 6.07. The molecule has 1 aliphatic heterocycles. The fourth-order valence-electron chi connectivity index (χ4n) is 2.77. The second-order valence-corrected chi connectivity index (χ2v) is 5.96. The molecule has 4 rings (SSSR count). The summed E-state index contributed by atoms with van der Waals surface area (Å²) in [7, 11) is 0. The first kappa shape index (κ1) is 17.6. The maximum absolute atomic E-state index is 13.1.